The Hall–Kier alpha value is -4.39. The number of aryl methyl sites for hydroxylation is 1. The molecule has 0 bridgehead atoms. The van der Waals surface area contributed by atoms with Gasteiger partial charge in [0.25, 0.3) is 5.91 Å². The molecule has 0 saturated heterocycles. The maximum atomic E-state index is 13.3. The molecule has 0 aliphatic heterocycles. The largest absolute Gasteiger partial charge is 0.494 e. The van der Waals surface area contributed by atoms with E-state index in [-0.39, 0.29) is 24.4 Å². The Bertz CT molecular complexity index is 1380. The molecule has 1 N–H and O–H groups in total. The van der Waals surface area contributed by atoms with Crippen LogP contribution in [0.1, 0.15) is 49.5 Å². The minimum absolute atomic E-state index is 0.0923. The van der Waals surface area contributed by atoms with E-state index in [1.54, 1.807) is 33.8 Å². The van der Waals surface area contributed by atoms with Crippen molar-refractivity contribution in [1.82, 2.24) is 14.7 Å². The second kappa shape index (κ2) is 12.9. The third-order valence-corrected chi connectivity index (χ3v) is 6.39. The van der Waals surface area contributed by atoms with Crippen LogP contribution in [0, 0.1) is 6.92 Å². The summed E-state index contributed by atoms with van der Waals surface area (Å²) in [4.78, 5) is 28.2. The number of carbonyl (C=O) groups excluding carboxylic acids is 2. The van der Waals surface area contributed by atoms with Gasteiger partial charge < -0.3 is 15.0 Å². The lowest BCUT2D eigenvalue weighted by atomic mass is 10.1. The van der Waals surface area contributed by atoms with Crippen LogP contribution in [0.25, 0.3) is 16.9 Å². The van der Waals surface area contributed by atoms with E-state index in [9.17, 15) is 9.59 Å². The first-order chi connectivity index (χ1) is 18.9. The quantitative estimate of drug-likeness (QED) is 0.227. The molecule has 39 heavy (non-hydrogen) atoms. The van der Waals surface area contributed by atoms with Crippen LogP contribution in [-0.2, 0) is 4.79 Å². The van der Waals surface area contributed by atoms with Gasteiger partial charge in [-0.1, -0.05) is 61.4 Å². The first-order valence-electron chi connectivity index (χ1n) is 13.4. The highest BCUT2D eigenvalue weighted by Crippen LogP contribution is 2.25. The van der Waals surface area contributed by atoms with E-state index in [1.807, 2.05) is 81.4 Å². The fraction of sp³-hybridized carbons (Fsp3) is 0.281. The summed E-state index contributed by atoms with van der Waals surface area (Å²) in [6.07, 6.45) is 2.04. The molecule has 4 aromatic rings. The summed E-state index contributed by atoms with van der Waals surface area (Å²) in [5, 5.41) is 7.77. The number of hydrogen-bond donors (Lipinski definition) is 1. The predicted octanol–water partition coefficient (Wildman–Crippen LogP) is 6.52. The van der Waals surface area contributed by atoms with E-state index >= 15 is 0 Å². The number of amides is 2. The van der Waals surface area contributed by atoms with E-state index in [4.69, 9.17) is 9.84 Å². The number of ether oxygens (including phenoxy) is 1. The van der Waals surface area contributed by atoms with Crippen LogP contribution >= 0.6 is 0 Å². The predicted molar refractivity (Wildman–Crippen MR) is 155 cm³/mol. The molecule has 1 heterocycles. The van der Waals surface area contributed by atoms with E-state index < -0.39 is 0 Å². The van der Waals surface area contributed by atoms with Crippen LogP contribution in [0.2, 0.25) is 0 Å². The van der Waals surface area contributed by atoms with Crippen molar-refractivity contribution in [3.05, 3.63) is 96.1 Å². The summed E-state index contributed by atoms with van der Waals surface area (Å²) in [6.45, 7) is 8.49. The molecule has 4 rings (SSSR count). The lowest BCUT2D eigenvalue weighted by Crippen LogP contribution is -2.42. The highest BCUT2D eigenvalue weighted by Gasteiger charge is 2.23. The van der Waals surface area contributed by atoms with Gasteiger partial charge in [-0.15, -0.1) is 0 Å². The molecule has 0 radical (unpaired) electrons. The van der Waals surface area contributed by atoms with Crippen molar-refractivity contribution in [3.63, 3.8) is 0 Å². The zero-order chi connectivity index (χ0) is 27.8. The molecule has 7 nitrogen and oxygen atoms in total. The van der Waals surface area contributed by atoms with Crippen LogP contribution < -0.4 is 10.1 Å². The maximum Gasteiger partial charge on any atom is 0.254 e. The molecular weight excluding hydrogens is 488 g/mol. The molecule has 0 fully saturated rings. The zero-order valence-electron chi connectivity index (χ0n) is 23.1. The fourth-order valence-corrected chi connectivity index (χ4v) is 4.12. The highest BCUT2D eigenvalue weighted by molar-refractivity contribution is 5.99. The summed E-state index contributed by atoms with van der Waals surface area (Å²) >= 11 is 0. The first-order valence-corrected chi connectivity index (χ1v) is 13.4. The smallest absolute Gasteiger partial charge is 0.254 e. The van der Waals surface area contributed by atoms with Gasteiger partial charge in [-0.05, 0) is 63.6 Å². The monoisotopic (exact) mass is 524 g/mol. The standard InChI is InChI=1S/C32H36N4O3/c1-5-6-20-39-28-18-14-26(15-19-28)32(38)35(23(2)3)22-31(37)33-30-21-29(25-10-8-7-9-11-25)34-36(30)27-16-12-24(4)13-17-27/h7-19,21,23H,5-6,20,22H2,1-4H3,(H,33,37). The maximum absolute atomic E-state index is 13.3. The number of carbonyl (C=O) groups is 2. The van der Waals surface area contributed by atoms with Gasteiger partial charge in [0.1, 0.15) is 18.1 Å². The molecular formula is C32H36N4O3. The van der Waals surface area contributed by atoms with E-state index in [0.29, 0.717) is 18.0 Å². The van der Waals surface area contributed by atoms with Crippen LogP contribution in [0.3, 0.4) is 0 Å². The first kappa shape index (κ1) is 27.6. The number of anilines is 1. The Kier molecular flexibility index (Phi) is 9.15. The minimum atomic E-state index is -0.301. The van der Waals surface area contributed by atoms with Gasteiger partial charge in [-0.3, -0.25) is 9.59 Å². The van der Waals surface area contributed by atoms with Crippen molar-refractivity contribution in [1.29, 1.82) is 0 Å². The Morgan fingerprint density at radius 3 is 2.31 bits per heavy atom. The van der Waals surface area contributed by atoms with Gasteiger partial charge in [0.15, 0.2) is 0 Å². The molecule has 0 atom stereocenters. The summed E-state index contributed by atoms with van der Waals surface area (Å²) in [6, 6.07) is 26.5. The molecule has 3 aromatic carbocycles. The van der Waals surface area contributed by atoms with Gasteiger partial charge in [0, 0.05) is 23.2 Å². The lowest BCUT2D eigenvalue weighted by molar-refractivity contribution is -0.117. The Morgan fingerprint density at radius 1 is 0.974 bits per heavy atom. The SMILES string of the molecule is CCCCOc1ccc(C(=O)N(CC(=O)Nc2cc(-c3ccccc3)nn2-c2ccc(C)cc2)C(C)C)cc1. The van der Waals surface area contributed by atoms with Crippen molar-refractivity contribution in [2.75, 3.05) is 18.5 Å². The van der Waals surface area contributed by atoms with Crippen LogP contribution in [0.15, 0.2) is 84.9 Å². The third-order valence-electron chi connectivity index (χ3n) is 6.39. The van der Waals surface area contributed by atoms with Crippen molar-refractivity contribution < 1.29 is 14.3 Å². The zero-order valence-corrected chi connectivity index (χ0v) is 23.1. The summed E-state index contributed by atoms with van der Waals surface area (Å²) in [7, 11) is 0. The van der Waals surface area contributed by atoms with Crippen molar-refractivity contribution in [3.8, 4) is 22.7 Å². The number of hydrogen-bond acceptors (Lipinski definition) is 4. The number of benzene rings is 3. The molecule has 0 aliphatic carbocycles. The van der Waals surface area contributed by atoms with Gasteiger partial charge in [-0.25, -0.2) is 4.68 Å². The molecule has 2 amide bonds. The molecule has 1 aromatic heterocycles. The Balaban J connectivity index is 1.52. The van der Waals surface area contributed by atoms with Crippen LogP contribution in [0.5, 0.6) is 5.75 Å². The average molecular weight is 525 g/mol. The second-order valence-corrected chi connectivity index (χ2v) is 9.83. The van der Waals surface area contributed by atoms with Crippen molar-refractivity contribution in [2.24, 2.45) is 0 Å². The van der Waals surface area contributed by atoms with Crippen molar-refractivity contribution >= 4 is 17.6 Å². The molecule has 0 saturated carbocycles. The van der Waals surface area contributed by atoms with Gasteiger partial charge in [0.05, 0.1) is 18.0 Å². The fourth-order valence-electron chi connectivity index (χ4n) is 4.12. The summed E-state index contributed by atoms with van der Waals surface area (Å²) in [5.41, 5.74) is 4.16. The summed E-state index contributed by atoms with van der Waals surface area (Å²) < 4.78 is 7.43. The van der Waals surface area contributed by atoms with Gasteiger partial charge in [-0.2, -0.15) is 5.10 Å². The van der Waals surface area contributed by atoms with E-state index in [2.05, 4.69) is 12.2 Å². The van der Waals surface area contributed by atoms with E-state index in [1.165, 1.54) is 0 Å². The highest BCUT2D eigenvalue weighted by atomic mass is 16.5. The number of unbranched alkanes of at least 4 members (excludes halogenated alkanes) is 1. The Morgan fingerprint density at radius 2 is 1.67 bits per heavy atom. The second-order valence-electron chi connectivity index (χ2n) is 9.83. The topological polar surface area (TPSA) is 76.5 Å². The van der Waals surface area contributed by atoms with Crippen LogP contribution in [-0.4, -0.2) is 45.7 Å². The molecule has 202 valence electrons. The number of rotatable bonds is 11. The molecule has 0 spiro atoms. The number of aromatic nitrogens is 2. The Labute approximate surface area is 230 Å². The van der Waals surface area contributed by atoms with Gasteiger partial charge >= 0.3 is 0 Å². The van der Waals surface area contributed by atoms with Crippen LogP contribution in [0.4, 0.5) is 5.82 Å². The molecule has 0 unspecified atom stereocenters. The number of nitrogens with zero attached hydrogens (tertiary/aromatic N) is 3. The number of nitrogens with one attached hydrogen (secondary N) is 1. The lowest BCUT2D eigenvalue weighted by Gasteiger charge is -2.26. The normalized spacial score (nSPS) is 10.9. The van der Waals surface area contributed by atoms with E-state index in [0.717, 1.165) is 41.1 Å². The molecule has 7 heteroatoms. The summed E-state index contributed by atoms with van der Waals surface area (Å²) in [5.74, 6) is 0.751. The third kappa shape index (κ3) is 7.13. The molecule has 0 aliphatic rings. The minimum Gasteiger partial charge on any atom is -0.494 e. The van der Waals surface area contributed by atoms with Crippen molar-refractivity contribution in [2.45, 2.75) is 46.6 Å². The average Bonchev–Trinajstić information content (AvgIpc) is 3.36. The van der Waals surface area contributed by atoms with Gasteiger partial charge in [0.2, 0.25) is 5.91 Å².